The van der Waals surface area contributed by atoms with Crippen molar-refractivity contribution in [3.8, 4) is 0 Å². The number of benzene rings is 2. The van der Waals surface area contributed by atoms with E-state index in [-0.39, 0.29) is 24.4 Å². The fourth-order valence-corrected chi connectivity index (χ4v) is 3.44. The number of carbonyl (C=O) groups is 3. The average molecular weight is 393 g/mol. The van der Waals surface area contributed by atoms with Crippen LogP contribution in [0.25, 0.3) is 0 Å². The molecule has 4 amide bonds. The molecule has 0 aromatic heterocycles. The summed E-state index contributed by atoms with van der Waals surface area (Å²) in [4.78, 5) is 38.0. The first-order chi connectivity index (χ1) is 14.0. The Labute approximate surface area is 171 Å². The zero-order valence-electron chi connectivity index (χ0n) is 16.6. The lowest BCUT2D eigenvalue weighted by Gasteiger charge is -2.17. The molecule has 0 saturated carbocycles. The van der Waals surface area contributed by atoms with Crippen molar-refractivity contribution >= 4 is 17.8 Å². The van der Waals surface area contributed by atoms with Gasteiger partial charge in [-0.2, -0.15) is 0 Å². The highest BCUT2D eigenvalue weighted by Gasteiger charge is 2.38. The summed E-state index contributed by atoms with van der Waals surface area (Å²) in [6.07, 6.45) is 2.84. The van der Waals surface area contributed by atoms with Crippen LogP contribution in [0.2, 0.25) is 0 Å². The molecule has 2 unspecified atom stereocenters. The lowest BCUT2D eigenvalue weighted by molar-refractivity contribution is -0.132. The number of rotatable bonds is 9. The second-order valence-corrected chi connectivity index (χ2v) is 7.44. The van der Waals surface area contributed by atoms with Crippen molar-refractivity contribution in [2.75, 3.05) is 6.54 Å². The van der Waals surface area contributed by atoms with Crippen LogP contribution in [0.4, 0.5) is 4.79 Å². The Hall–Kier alpha value is -3.15. The second kappa shape index (κ2) is 9.87. The molecular formula is C23H27N3O3. The molecule has 6 nitrogen and oxygen atoms in total. The van der Waals surface area contributed by atoms with Gasteiger partial charge in [0.2, 0.25) is 5.91 Å². The summed E-state index contributed by atoms with van der Waals surface area (Å²) in [5, 5.41) is 5.56. The van der Waals surface area contributed by atoms with Crippen LogP contribution in [0.5, 0.6) is 0 Å². The van der Waals surface area contributed by atoms with E-state index >= 15 is 0 Å². The summed E-state index contributed by atoms with van der Waals surface area (Å²) in [6.45, 7) is 1.68. The quantitative estimate of drug-likeness (QED) is 0.643. The number of urea groups is 1. The van der Waals surface area contributed by atoms with Crippen LogP contribution in [0.3, 0.4) is 0 Å². The van der Waals surface area contributed by atoms with Crippen molar-refractivity contribution in [1.82, 2.24) is 15.5 Å². The molecule has 2 aromatic rings. The van der Waals surface area contributed by atoms with Gasteiger partial charge in [-0.15, -0.1) is 0 Å². The smallest absolute Gasteiger partial charge is 0.325 e. The fourth-order valence-electron chi connectivity index (χ4n) is 3.44. The summed E-state index contributed by atoms with van der Waals surface area (Å²) in [5.74, 6) is -0.657. The Morgan fingerprint density at radius 2 is 1.59 bits per heavy atom. The number of amides is 4. The largest absolute Gasteiger partial charge is 0.352 e. The van der Waals surface area contributed by atoms with E-state index in [2.05, 4.69) is 22.8 Å². The maximum Gasteiger partial charge on any atom is 0.325 e. The second-order valence-electron chi connectivity index (χ2n) is 7.44. The monoisotopic (exact) mass is 393 g/mol. The number of hydrogen-bond acceptors (Lipinski definition) is 3. The average Bonchev–Trinajstić information content (AvgIpc) is 3.00. The molecule has 0 aliphatic carbocycles. The highest BCUT2D eigenvalue weighted by atomic mass is 16.2. The SMILES string of the molecule is CC(CCc1ccccc1)NC(=O)CN1C(=O)NC(CCc2ccccc2)C1=O. The molecule has 29 heavy (non-hydrogen) atoms. The number of carbonyl (C=O) groups excluding carboxylic acids is 3. The third-order valence-electron chi connectivity index (χ3n) is 5.09. The van der Waals surface area contributed by atoms with E-state index in [4.69, 9.17) is 0 Å². The highest BCUT2D eigenvalue weighted by Crippen LogP contribution is 2.13. The Balaban J connectivity index is 1.44. The minimum atomic E-state index is -0.578. The molecule has 1 saturated heterocycles. The van der Waals surface area contributed by atoms with Gasteiger partial charge in [-0.05, 0) is 43.7 Å². The van der Waals surface area contributed by atoms with Gasteiger partial charge in [0.25, 0.3) is 5.91 Å². The van der Waals surface area contributed by atoms with Gasteiger partial charge in [0.1, 0.15) is 12.6 Å². The first kappa shape index (κ1) is 20.6. The van der Waals surface area contributed by atoms with E-state index in [0.29, 0.717) is 12.8 Å². The molecule has 1 heterocycles. The van der Waals surface area contributed by atoms with E-state index < -0.39 is 12.1 Å². The van der Waals surface area contributed by atoms with Crippen LogP contribution in [0, 0.1) is 0 Å². The Morgan fingerprint density at radius 3 is 2.21 bits per heavy atom. The van der Waals surface area contributed by atoms with Crippen molar-refractivity contribution in [2.24, 2.45) is 0 Å². The predicted molar refractivity (Wildman–Crippen MR) is 111 cm³/mol. The summed E-state index contributed by atoms with van der Waals surface area (Å²) >= 11 is 0. The number of nitrogens with one attached hydrogen (secondary N) is 2. The van der Waals surface area contributed by atoms with Crippen LogP contribution in [-0.4, -0.2) is 41.4 Å². The Morgan fingerprint density at radius 1 is 1.00 bits per heavy atom. The highest BCUT2D eigenvalue weighted by molar-refractivity contribution is 6.06. The normalized spacial score (nSPS) is 17.1. The van der Waals surface area contributed by atoms with Crippen molar-refractivity contribution in [3.63, 3.8) is 0 Å². The minimum absolute atomic E-state index is 0.0441. The zero-order chi connectivity index (χ0) is 20.6. The van der Waals surface area contributed by atoms with Crippen molar-refractivity contribution < 1.29 is 14.4 Å². The topological polar surface area (TPSA) is 78.5 Å². The Kier molecular flexibility index (Phi) is 7.00. The molecule has 0 spiro atoms. The maximum atomic E-state index is 12.5. The first-order valence-corrected chi connectivity index (χ1v) is 10.0. The van der Waals surface area contributed by atoms with Gasteiger partial charge in [-0.25, -0.2) is 4.79 Å². The van der Waals surface area contributed by atoms with Crippen molar-refractivity contribution in [1.29, 1.82) is 0 Å². The van der Waals surface area contributed by atoms with Crippen LogP contribution >= 0.6 is 0 Å². The third kappa shape index (κ3) is 5.91. The van der Waals surface area contributed by atoms with E-state index in [0.717, 1.165) is 23.3 Å². The van der Waals surface area contributed by atoms with Crippen LogP contribution in [0.15, 0.2) is 60.7 Å². The molecule has 1 aliphatic heterocycles. The van der Waals surface area contributed by atoms with Gasteiger partial charge >= 0.3 is 6.03 Å². The van der Waals surface area contributed by atoms with Gasteiger partial charge in [-0.3, -0.25) is 14.5 Å². The van der Waals surface area contributed by atoms with Crippen molar-refractivity contribution in [2.45, 2.75) is 44.7 Å². The standard InChI is InChI=1S/C23H27N3O3/c1-17(12-13-18-8-4-2-5-9-18)24-21(27)16-26-22(28)20(25-23(26)29)15-14-19-10-6-3-7-11-19/h2-11,17,20H,12-16H2,1H3,(H,24,27)(H,25,29). The van der Waals surface area contributed by atoms with Crippen LogP contribution in [0.1, 0.15) is 30.9 Å². The van der Waals surface area contributed by atoms with Gasteiger partial charge in [0, 0.05) is 6.04 Å². The van der Waals surface area contributed by atoms with Crippen molar-refractivity contribution in [3.05, 3.63) is 71.8 Å². The number of hydrogen-bond donors (Lipinski definition) is 2. The summed E-state index contributed by atoms with van der Waals surface area (Å²) in [7, 11) is 0. The molecular weight excluding hydrogens is 366 g/mol. The number of nitrogens with zero attached hydrogens (tertiary/aromatic N) is 1. The van der Waals surface area contributed by atoms with Gasteiger partial charge < -0.3 is 10.6 Å². The van der Waals surface area contributed by atoms with Crippen LogP contribution in [-0.2, 0) is 22.4 Å². The summed E-state index contributed by atoms with van der Waals surface area (Å²) in [6, 6.07) is 18.7. The lowest BCUT2D eigenvalue weighted by atomic mass is 10.1. The van der Waals surface area contributed by atoms with E-state index in [9.17, 15) is 14.4 Å². The molecule has 0 radical (unpaired) electrons. The molecule has 3 rings (SSSR count). The first-order valence-electron chi connectivity index (χ1n) is 10.0. The fraction of sp³-hybridized carbons (Fsp3) is 0.348. The minimum Gasteiger partial charge on any atom is -0.352 e. The summed E-state index contributed by atoms with van der Waals surface area (Å²) in [5.41, 5.74) is 2.32. The molecule has 6 heteroatoms. The van der Waals surface area contributed by atoms with E-state index in [1.807, 2.05) is 55.5 Å². The molecule has 0 bridgehead atoms. The predicted octanol–water partition coefficient (Wildman–Crippen LogP) is 2.68. The van der Waals surface area contributed by atoms with Crippen LogP contribution < -0.4 is 10.6 Å². The summed E-state index contributed by atoms with van der Waals surface area (Å²) < 4.78 is 0. The number of imide groups is 1. The lowest BCUT2D eigenvalue weighted by Crippen LogP contribution is -2.44. The molecule has 152 valence electrons. The molecule has 2 aromatic carbocycles. The molecule has 2 atom stereocenters. The van der Waals surface area contributed by atoms with Gasteiger partial charge in [-0.1, -0.05) is 60.7 Å². The number of aryl methyl sites for hydroxylation is 2. The van der Waals surface area contributed by atoms with Gasteiger partial charge in [0.15, 0.2) is 0 Å². The van der Waals surface area contributed by atoms with Gasteiger partial charge in [0.05, 0.1) is 0 Å². The third-order valence-corrected chi connectivity index (χ3v) is 5.09. The molecule has 2 N–H and O–H groups in total. The maximum absolute atomic E-state index is 12.5. The molecule has 1 aliphatic rings. The Bertz CT molecular complexity index is 839. The zero-order valence-corrected chi connectivity index (χ0v) is 16.6. The van der Waals surface area contributed by atoms with E-state index in [1.54, 1.807) is 0 Å². The molecule has 1 fully saturated rings. The van der Waals surface area contributed by atoms with E-state index in [1.165, 1.54) is 5.56 Å².